The number of nitrogens with zero attached hydrogens (tertiary/aromatic N) is 1. The molecule has 5 nitrogen and oxygen atoms in total. The van der Waals surface area contributed by atoms with Crippen molar-refractivity contribution >= 4 is 46.2 Å². The number of halogens is 2. The Hall–Kier alpha value is -2.76. The molecule has 3 rings (SSSR count). The van der Waals surface area contributed by atoms with Gasteiger partial charge in [0, 0.05) is 21.9 Å². The van der Waals surface area contributed by atoms with Gasteiger partial charge in [-0.25, -0.2) is 0 Å². The number of ether oxygens (including phenoxy) is 1. The van der Waals surface area contributed by atoms with Gasteiger partial charge in [0.05, 0.1) is 30.2 Å². The fourth-order valence-electron chi connectivity index (χ4n) is 2.34. The summed E-state index contributed by atoms with van der Waals surface area (Å²) in [5, 5.41) is 7.06. The van der Waals surface area contributed by atoms with Gasteiger partial charge in [-0.05, 0) is 42.5 Å². The van der Waals surface area contributed by atoms with E-state index >= 15 is 0 Å². The number of aromatic nitrogens is 1. The highest BCUT2D eigenvalue weighted by Crippen LogP contribution is 2.28. The zero-order valence-electron chi connectivity index (χ0n) is 13.8. The Labute approximate surface area is 160 Å². The maximum Gasteiger partial charge on any atom is 0.257 e. The maximum atomic E-state index is 12.6. The molecule has 0 fully saturated rings. The molecule has 26 heavy (non-hydrogen) atoms. The zero-order valence-corrected chi connectivity index (χ0v) is 15.3. The quantitative estimate of drug-likeness (QED) is 0.615. The molecule has 0 atom stereocenters. The van der Waals surface area contributed by atoms with E-state index in [-0.39, 0.29) is 5.91 Å². The number of hydrogen-bond acceptors (Lipinski definition) is 4. The fourth-order valence-corrected chi connectivity index (χ4v) is 2.70. The Morgan fingerprint density at radius 3 is 2.58 bits per heavy atom. The molecule has 3 aromatic rings. The van der Waals surface area contributed by atoms with Crippen molar-refractivity contribution in [1.82, 2.24) is 4.98 Å². The van der Waals surface area contributed by atoms with E-state index < -0.39 is 0 Å². The largest absolute Gasteiger partial charge is 0.495 e. The molecule has 0 saturated heterocycles. The second-order valence-corrected chi connectivity index (χ2v) is 6.27. The van der Waals surface area contributed by atoms with E-state index in [1.807, 2.05) is 12.1 Å². The van der Waals surface area contributed by atoms with Gasteiger partial charge in [-0.1, -0.05) is 29.3 Å². The van der Waals surface area contributed by atoms with E-state index in [1.54, 1.807) is 42.6 Å². The molecule has 7 heteroatoms. The second kappa shape index (κ2) is 8.08. The van der Waals surface area contributed by atoms with Crippen molar-refractivity contribution < 1.29 is 9.53 Å². The highest BCUT2D eigenvalue weighted by Gasteiger charge is 2.11. The van der Waals surface area contributed by atoms with Crippen LogP contribution in [0.25, 0.3) is 0 Å². The Bertz CT molecular complexity index is 948. The molecule has 132 valence electrons. The van der Waals surface area contributed by atoms with Crippen molar-refractivity contribution in [3.05, 3.63) is 76.5 Å². The second-order valence-electron chi connectivity index (χ2n) is 5.40. The van der Waals surface area contributed by atoms with E-state index in [1.165, 1.54) is 13.3 Å². The normalized spacial score (nSPS) is 10.3. The van der Waals surface area contributed by atoms with Crippen molar-refractivity contribution in [3.8, 4) is 5.75 Å². The summed E-state index contributed by atoms with van der Waals surface area (Å²) in [4.78, 5) is 16.7. The summed E-state index contributed by atoms with van der Waals surface area (Å²) in [6.07, 6.45) is 3.10. The average Bonchev–Trinajstić information content (AvgIpc) is 2.62. The highest BCUT2D eigenvalue weighted by molar-refractivity contribution is 6.31. The van der Waals surface area contributed by atoms with Gasteiger partial charge in [-0.15, -0.1) is 0 Å². The van der Waals surface area contributed by atoms with Gasteiger partial charge in [0.1, 0.15) is 5.75 Å². The number of amides is 1. The Kier molecular flexibility index (Phi) is 5.61. The van der Waals surface area contributed by atoms with Crippen LogP contribution in [0.4, 0.5) is 17.1 Å². The van der Waals surface area contributed by atoms with Gasteiger partial charge >= 0.3 is 0 Å². The van der Waals surface area contributed by atoms with Crippen molar-refractivity contribution in [2.24, 2.45) is 0 Å². The summed E-state index contributed by atoms with van der Waals surface area (Å²) < 4.78 is 5.24. The van der Waals surface area contributed by atoms with Gasteiger partial charge in [-0.3, -0.25) is 9.78 Å². The molecule has 0 aliphatic rings. The SMILES string of the molecule is COc1ccc(Cl)cc1NC(=O)c1cncc(Nc2cccc(Cl)c2)c1. The van der Waals surface area contributed by atoms with Gasteiger partial charge in [0.15, 0.2) is 0 Å². The van der Waals surface area contributed by atoms with Crippen molar-refractivity contribution in [2.45, 2.75) is 0 Å². The Balaban J connectivity index is 1.79. The molecule has 0 bridgehead atoms. The summed E-state index contributed by atoms with van der Waals surface area (Å²) in [5.74, 6) is 0.191. The minimum absolute atomic E-state index is 0.326. The molecule has 0 aliphatic heterocycles. The van der Waals surface area contributed by atoms with Crippen LogP contribution in [-0.4, -0.2) is 18.0 Å². The van der Waals surface area contributed by atoms with Crippen LogP contribution < -0.4 is 15.4 Å². The van der Waals surface area contributed by atoms with Gasteiger partial charge in [0.25, 0.3) is 5.91 Å². The number of nitrogens with one attached hydrogen (secondary N) is 2. The van der Waals surface area contributed by atoms with Crippen LogP contribution in [0.2, 0.25) is 10.0 Å². The van der Waals surface area contributed by atoms with Gasteiger partial charge < -0.3 is 15.4 Å². The molecule has 1 amide bonds. The number of carbonyl (C=O) groups is 1. The lowest BCUT2D eigenvalue weighted by Crippen LogP contribution is -2.13. The van der Waals surface area contributed by atoms with Gasteiger partial charge in [0.2, 0.25) is 0 Å². The van der Waals surface area contributed by atoms with E-state index in [0.717, 1.165) is 5.69 Å². The third kappa shape index (κ3) is 4.45. The molecular formula is C19H15Cl2N3O2. The molecule has 1 aromatic heterocycles. The van der Waals surface area contributed by atoms with E-state index in [0.29, 0.717) is 32.7 Å². The van der Waals surface area contributed by atoms with Crippen LogP contribution in [0.3, 0.4) is 0 Å². The first-order valence-electron chi connectivity index (χ1n) is 7.67. The van der Waals surface area contributed by atoms with Crippen LogP contribution in [0.5, 0.6) is 5.75 Å². The first-order chi connectivity index (χ1) is 12.5. The summed E-state index contributed by atoms with van der Waals surface area (Å²) in [7, 11) is 1.52. The molecule has 0 radical (unpaired) electrons. The lowest BCUT2D eigenvalue weighted by molar-refractivity contribution is 0.102. The van der Waals surface area contributed by atoms with E-state index in [9.17, 15) is 4.79 Å². The van der Waals surface area contributed by atoms with Crippen LogP contribution in [0.1, 0.15) is 10.4 Å². The van der Waals surface area contributed by atoms with Crippen LogP contribution in [-0.2, 0) is 0 Å². The summed E-state index contributed by atoms with van der Waals surface area (Å²) in [6, 6.07) is 14.0. The molecule has 1 heterocycles. The smallest absolute Gasteiger partial charge is 0.257 e. The number of carbonyl (C=O) groups excluding carboxylic acids is 1. The number of methoxy groups -OCH3 is 1. The molecule has 2 aromatic carbocycles. The third-order valence-corrected chi connectivity index (χ3v) is 3.99. The highest BCUT2D eigenvalue weighted by atomic mass is 35.5. The number of benzene rings is 2. The van der Waals surface area contributed by atoms with Crippen molar-refractivity contribution in [1.29, 1.82) is 0 Å². The predicted molar refractivity (Wildman–Crippen MR) is 105 cm³/mol. The van der Waals surface area contributed by atoms with E-state index in [4.69, 9.17) is 27.9 Å². The van der Waals surface area contributed by atoms with E-state index in [2.05, 4.69) is 15.6 Å². The average molecular weight is 388 g/mol. The Morgan fingerprint density at radius 2 is 1.81 bits per heavy atom. The summed E-state index contributed by atoms with van der Waals surface area (Å²) >= 11 is 12.0. The van der Waals surface area contributed by atoms with Crippen LogP contribution >= 0.6 is 23.2 Å². The van der Waals surface area contributed by atoms with Crippen LogP contribution in [0.15, 0.2) is 60.9 Å². The van der Waals surface area contributed by atoms with Crippen molar-refractivity contribution in [2.75, 3.05) is 17.7 Å². The standard InChI is InChI=1S/C19H15Cl2N3O2/c1-26-18-6-5-14(21)9-17(18)24-19(25)12-7-16(11-22-10-12)23-15-4-2-3-13(20)8-15/h2-11,23H,1H3,(H,24,25). The lowest BCUT2D eigenvalue weighted by Gasteiger charge is -2.11. The number of hydrogen-bond donors (Lipinski definition) is 2. The summed E-state index contributed by atoms with van der Waals surface area (Å²) in [6.45, 7) is 0. The molecule has 0 unspecified atom stereocenters. The molecular weight excluding hydrogens is 373 g/mol. The van der Waals surface area contributed by atoms with Crippen LogP contribution in [0, 0.1) is 0 Å². The molecule has 0 aliphatic carbocycles. The Morgan fingerprint density at radius 1 is 1.00 bits per heavy atom. The summed E-state index contributed by atoms with van der Waals surface area (Å²) in [5.41, 5.74) is 2.34. The maximum absolute atomic E-state index is 12.6. The lowest BCUT2D eigenvalue weighted by atomic mass is 10.2. The molecule has 0 spiro atoms. The number of anilines is 3. The van der Waals surface area contributed by atoms with Crippen molar-refractivity contribution in [3.63, 3.8) is 0 Å². The minimum Gasteiger partial charge on any atom is -0.495 e. The zero-order chi connectivity index (χ0) is 18.5. The minimum atomic E-state index is -0.326. The third-order valence-electron chi connectivity index (χ3n) is 3.52. The number of rotatable bonds is 5. The first-order valence-corrected chi connectivity index (χ1v) is 8.43. The number of pyridine rings is 1. The fraction of sp³-hybridized carbons (Fsp3) is 0.0526. The molecule has 0 saturated carbocycles. The molecule has 2 N–H and O–H groups in total. The monoisotopic (exact) mass is 387 g/mol. The predicted octanol–water partition coefficient (Wildman–Crippen LogP) is 5.39. The van der Waals surface area contributed by atoms with Gasteiger partial charge in [-0.2, -0.15) is 0 Å². The first kappa shape index (κ1) is 18.0. The topological polar surface area (TPSA) is 63.2 Å².